The molecule has 0 aliphatic heterocycles. The first-order valence-corrected chi connectivity index (χ1v) is 10.2. The monoisotopic (exact) mass is 484 g/mol. The van der Waals surface area contributed by atoms with Gasteiger partial charge in [-0.3, -0.25) is 4.79 Å². The van der Waals surface area contributed by atoms with Crippen molar-refractivity contribution in [2.24, 2.45) is 5.92 Å². The first-order valence-electron chi connectivity index (χ1n) is 10.2. The van der Waals surface area contributed by atoms with Crippen LogP contribution >= 0.6 is 0 Å². The van der Waals surface area contributed by atoms with Crippen LogP contribution in [0, 0.1) is 5.92 Å². The summed E-state index contributed by atoms with van der Waals surface area (Å²) in [4.78, 5) is 26.9. The predicted molar refractivity (Wildman–Crippen MR) is 106 cm³/mol. The molecule has 3 aromatic rings. The molecule has 1 atom stereocenters. The molecule has 4 rings (SSSR count). The molecule has 0 N–H and O–H groups in total. The van der Waals surface area contributed by atoms with Gasteiger partial charge >= 0.3 is 12.4 Å². The normalized spacial score (nSPS) is 15.3. The summed E-state index contributed by atoms with van der Waals surface area (Å²) in [6, 6.07) is 1.61. The van der Waals surface area contributed by atoms with E-state index in [1.54, 1.807) is 13.0 Å². The molecule has 34 heavy (non-hydrogen) atoms. The van der Waals surface area contributed by atoms with Crippen molar-refractivity contribution in [1.82, 2.24) is 29.6 Å². The molecule has 1 saturated carbocycles. The van der Waals surface area contributed by atoms with Gasteiger partial charge in [-0.15, -0.1) is 0 Å². The topological polar surface area (TPSA) is 76.8 Å². The van der Waals surface area contributed by atoms with Gasteiger partial charge in [-0.1, -0.05) is 0 Å². The zero-order valence-corrected chi connectivity index (χ0v) is 17.7. The molecule has 1 aromatic carbocycles. The van der Waals surface area contributed by atoms with Gasteiger partial charge < -0.3 is 4.90 Å². The van der Waals surface area contributed by atoms with Gasteiger partial charge in [0.05, 0.1) is 17.2 Å². The summed E-state index contributed by atoms with van der Waals surface area (Å²) in [5.74, 6) is -0.523. The quantitative estimate of drug-likeness (QED) is 0.474. The van der Waals surface area contributed by atoms with E-state index in [1.807, 2.05) is 0 Å². The Balaban J connectivity index is 1.75. The van der Waals surface area contributed by atoms with E-state index in [0.29, 0.717) is 12.1 Å². The average molecular weight is 484 g/mol. The van der Waals surface area contributed by atoms with Crippen LogP contribution in [0.1, 0.15) is 53.1 Å². The summed E-state index contributed by atoms with van der Waals surface area (Å²) < 4.78 is 81.2. The third-order valence-electron chi connectivity index (χ3n) is 5.40. The third kappa shape index (κ3) is 5.02. The minimum absolute atomic E-state index is 0.00515. The Kier molecular flexibility index (Phi) is 6.04. The molecule has 1 fully saturated rings. The summed E-state index contributed by atoms with van der Waals surface area (Å²) in [5.41, 5.74) is -3.81. The fraction of sp³-hybridized carbons (Fsp3) is 0.381. The predicted octanol–water partition coefficient (Wildman–Crippen LogP) is 4.71. The molecule has 1 aliphatic carbocycles. The fourth-order valence-corrected chi connectivity index (χ4v) is 3.47. The average Bonchev–Trinajstić information content (AvgIpc) is 3.48. The Morgan fingerprint density at radius 3 is 2.15 bits per heavy atom. The van der Waals surface area contributed by atoms with Crippen LogP contribution in [0.15, 0.2) is 43.0 Å². The second-order valence-corrected chi connectivity index (χ2v) is 7.95. The molecule has 1 unspecified atom stereocenters. The minimum atomic E-state index is -5.06. The van der Waals surface area contributed by atoms with Gasteiger partial charge in [0.25, 0.3) is 11.9 Å². The summed E-state index contributed by atoms with van der Waals surface area (Å²) in [7, 11) is 0. The Morgan fingerprint density at radius 1 is 1.03 bits per heavy atom. The fourth-order valence-electron chi connectivity index (χ4n) is 3.47. The maximum Gasteiger partial charge on any atom is 0.416 e. The number of carbonyl (C=O) groups is 1. The Labute approximate surface area is 189 Å². The van der Waals surface area contributed by atoms with Gasteiger partial charge in [-0.2, -0.15) is 36.1 Å². The molecule has 0 bridgehead atoms. The van der Waals surface area contributed by atoms with Crippen LogP contribution in [-0.4, -0.2) is 42.1 Å². The summed E-state index contributed by atoms with van der Waals surface area (Å²) in [5, 5.41) is 4.05. The van der Waals surface area contributed by atoms with Crippen LogP contribution in [0.4, 0.5) is 26.3 Å². The number of alkyl halides is 6. The number of amides is 1. The van der Waals surface area contributed by atoms with E-state index in [-0.39, 0.29) is 30.3 Å². The van der Waals surface area contributed by atoms with Crippen molar-refractivity contribution in [1.29, 1.82) is 0 Å². The van der Waals surface area contributed by atoms with Crippen molar-refractivity contribution in [2.75, 3.05) is 6.54 Å². The molecular formula is C21H18F6N6O. The summed E-state index contributed by atoms with van der Waals surface area (Å²) in [6.45, 7) is 1.71. The molecule has 0 saturated heterocycles. The molecule has 180 valence electrons. The number of nitrogens with zero attached hydrogens (tertiary/aromatic N) is 6. The van der Waals surface area contributed by atoms with E-state index in [2.05, 4.69) is 20.1 Å². The second-order valence-electron chi connectivity index (χ2n) is 7.95. The number of hydrogen-bond donors (Lipinski definition) is 0. The lowest BCUT2D eigenvalue weighted by Gasteiger charge is -2.29. The molecule has 7 nitrogen and oxygen atoms in total. The molecular weight excluding hydrogens is 466 g/mol. The number of aromatic nitrogens is 5. The maximum absolute atomic E-state index is 13.4. The molecule has 2 heterocycles. The first-order chi connectivity index (χ1) is 15.9. The molecule has 1 amide bonds. The lowest BCUT2D eigenvalue weighted by Crippen LogP contribution is -2.37. The van der Waals surface area contributed by atoms with Crippen LogP contribution in [0.3, 0.4) is 0 Å². The van der Waals surface area contributed by atoms with E-state index in [0.717, 1.165) is 12.8 Å². The van der Waals surface area contributed by atoms with Crippen LogP contribution < -0.4 is 0 Å². The molecule has 0 radical (unpaired) electrons. The van der Waals surface area contributed by atoms with Crippen molar-refractivity contribution >= 4 is 5.91 Å². The van der Waals surface area contributed by atoms with Gasteiger partial charge in [0.1, 0.15) is 6.33 Å². The molecule has 2 aromatic heterocycles. The highest BCUT2D eigenvalue weighted by atomic mass is 19.4. The molecule has 13 heteroatoms. The first kappa shape index (κ1) is 23.6. The van der Waals surface area contributed by atoms with E-state index < -0.39 is 41.0 Å². The minimum Gasteiger partial charge on any atom is -0.328 e. The number of halogens is 6. The molecule has 1 aliphatic rings. The Bertz CT molecular complexity index is 1140. The third-order valence-corrected chi connectivity index (χ3v) is 5.40. The number of rotatable bonds is 6. The van der Waals surface area contributed by atoms with E-state index in [4.69, 9.17) is 0 Å². The van der Waals surface area contributed by atoms with E-state index in [1.165, 1.54) is 28.3 Å². The van der Waals surface area contributed by atoms with E-state index in [9.17, 15) is 31.1 Å². The Morgan fingerprint density at radius 2 is 1.62 bits per heavy atom. The van der Waals surface area contributed by atoms with Crippen LogP contribution in [0.5, 0.6) is 0 Å². The maximum atomic E-state index is 13.4. The van der Waals surface area contributed by atoms with Crippen molar-refractivity contribution < 1.29 is 31.1 Å². The lowest BCUT2D eigenvalue weighted by molar-refractivity contribution is -0.143. The Hall–Kier alpha value is -3.51. The molecule has 0 spiro atoms. The second kappa shape index (κ2) is 8.69. The number of hydrogen-bond acceptors (Lipinski definition) is 5. The standard InChI is InChI=1S/C21H18F6N6O/c1-12(17-30-11-31-33(17)19-28-5-2-6-29-19)32(10-13-3-4-13)18(34)14-7-15(20(22,23)24)9-16(8-14)21(25,26)27/h2,5-9,11-13H,3-4,10H2,1H3. The zero-order chi connectivity index (χ0) is 24.7. The van der Waals surface area contributed by atoms with E-state index >= 15 is 0 Å². The number of carbonyl (C=O) groups excluding carboxylic acids is 1. The summed E-state index contributed by atoms with van der Waals surface area (Å²) >= 11 is 0. The van der Waals surface area contributed by atoms with Crippen molar-refractivity contribution in [2.45, 2.75) is 38.2 Å². The highest BCUT2D eigenvalue weighted by Crippen LogP contribution is 2.38. The van der Waals surface area contributed by atoms with Crippen LogP contribution in [0.2, 0.25) is 0 Å². The SMILES string of the molecule is CC(c1ncnn1-c1ncccn1)N(CC1CC1)C(=O)c1cc(C(F)(F)F)cc(C(F)(F)F)c1. The zero-order valence-electron chi connectivity index (χ0n) is 17.7. The van der Waals surface area contributed by atoms with Gasteiger partial charge in [0, 0.05) is 24.5 Å². The highest BCUT2D eigenvalue weighted by molar-refractivity contribution is 5.95. The van der Waals surface area contributed by atoms with Crippen molar-refractivity contribution in [3.63, 3.8) is 0 Å². The van der Waals surface area contributed by atoms with Crippen LogP contribution in [-0.2, 0) is 12.4 Å². The largest absolute Gasteiger partial charge is 0.416 e. The lowest BCUT2D eigenvalue weighted by atomic mass is 10.0. The smallest absolute Gasteiger partial charge is 0.328 e. The van der Waals surface area contributed by atoms with Gasteiger partial charge in [0.2, 0.25) is 0 Å². The number of benzene rings is 1. The highest BCUT2D eigenvalue weighted by Gasteiger charge is 2.39. The van der Waals surface area contributed by atoms with Gasteiger partial charge in [-0.25, -0.2) is 15.0 Å². The van der Waals surface area contributed by atoms with Crippen LogP contribution in [0.25, 0.3) is 5.95 Å². The van der Waals surface area contributed by atoms with Gasteiger partial charge in [-0.05, 0) is 49.9 Å². The van der Waals surface area contributed by atoms with Crippen molar-refractivity contribution in [3.05, 3.63) is 65.5 Å². The van der Waals surface area contributed by atoms with Gasteiger partial charge in [0.15, 0.2) is 5.82 Å². The van der Waals surface area contributed by atoms with Crippen molar-refractivity contribution in [3.8, 4) is 5.95 Å². The summed E-state index contributed by atoms with van der Waals surface area (Å²) in [6.07, 6.45) is -4.40.